The molecule has 5 rings (SSSR count). The van der Waals surface area contributed by atoms with Crippen molar-refractivity contribution in [3.05, 3.63) is 94.0 Å². The molecule has 3 aromatic rings. The van der Waals surface area contributed by atoms with E-state index in [-0.39, 0.29) is 49.4 Å². The summed E-state index contributed by atoms with van der Waals surface area (Å²) in [5.74, 6) is -0.135. The number of nitrogens with one attached hydrogen (secondary N) is 1. The van der Waals surface area contributed by atoms with Gasteiger partial charge in [0, 0.05) is 47.1 Å². The predicted octanol–water partition coefficient (Wildman–Crippen LogP) is 5.74. The van der Waals surface area contributed by atoms with Gasteiger partial charge in [0.25, 0.3) is 11.8 Å². The molecule has 3 heterocycles. The first kappa shape index (κ1) is 40.1. The Morgan fingerprint density at radius 1 is 1.07 bits per heavy atom. The molecule has 2 aliphatic heterocycles. The van der Waals surface area contributed by atoms with Crippen LogP contribution in [0, 0.1) is 23.5 Å². The van der Waals surface area contributed by atoms with Gasteiger partial charge < -0.3 is 25.4 Å². The lowest BCUT2D eigenvalue weighted by Gasteiger charge is -2.46. The van der Waals surface area contributed by atoms with Gasteiger partial charge in [-0.15, -0.1) is 0 Å². The molecule has 4 N–H and O–H groups in total. The molecule has 54 heavy (non-hydrogen) atoms. The minimum Gasteiger partial charge on any atom is -0.509 e. The maximum Gasteiger partial charge on any atom is 0.433 e. The Morgan fingerprint density at radius 3 is 2.39 bits per heavy atom. The van der Waals surface area contributed by atoms with Crippen LogP contribution in [0.15, 0.2) is 60.0 Å². The Kier molecular flexibility index (Phi) is 11.7. The van der Waals surface area contributed by atoms with Gasteiger partial charge in [-0.25, -0.2) is 13.8 Å². The van der Waals surface area contributed by atoms with Crippen molar-refractivity contribution in [3.63, 3.8) is 0 Å². The van der Waals surface area contributed by atoms with Crippen LogP contribution in [-0.2, 0) is 33.2 Å². The van der Waals surface area contributed by atoms with Gasteiger partial charge in [0.15, 0.2) is 0 Å². The average molecular weight is 769 g/mol. The first-order chi connectivity index (χ1) is 25.3. The fraction of sp³-hybridized carbons (Fsp3) is 0.361. The number of benzene rings is 2. The van der Waals surface area contributed by atoms with E-state index in [1.165, 1.54) is 11.9 Å². The van der Waals surface area contributed by atoms with Crippen molar-refractivity contribution in [2.45, 2.75) is 56.7 Å². The van der Waals surface area contributed by atoms with Crippen LogP contribution < -0.4 is 5.32 Å². The first-order valence-electron chi connectivity index (χ1n) is 16.3. The van der Waals surface area contributed by atoms with E-state index in [1.807, 2.05) is 0 Å². The van der Waals surface area contributed by atoms with Crippen LogP contribution >= 0.6 is 0 Å². The molecule has 0 bridgehead atoms. The molecule has 0 saturated carbocycles. The van der Waals surface area contributed by atoms with Crippen molar-refractivity contribution in [2.75, 3.05) is 31.7 Å². The number of aliphatic hydroxyl groups excluding tert-OH is 3. The monoisotopic (exact) mass is 768 g/mol. The molecule has 288 valence electrons. The molecule has 10 nitrogen and oxygen atoms in total. The molecule has 2 atom stereocenters. The van der Waals surface area contributed by atoms with Gasteiger partial charge in [-0.3, -0.25) is 19.6 Å². The molecule has 2 aliphatic rings. The number of anilines is 1. The number of rotatable bonds is 10. The number of alkyl halides is 6. The van der Waals surface area contributed by atoms with Crippen LogP contribution in [0.2, 0.25) is 0 Å². The number of carbonyl (C=O) groups is 2. The van der Waals surface area contributed by atoms with Crippen molar-refractivity contribution in [1.82, 2.24) is 15.0 Å². The summed E-state index contributed by atoms with van der Waals surface area (Å²) < 4.78 is 116. The second-order valence-electron chi connectivity index (χ2n) is 12.6. The van der Waals surface area contributed by atoms with Crippen LogP contribution in [0.25, 0.3) is 11.1 Å². The number of carbonyl (C=O) groups excluding carboxylic acids is 2. The predicted molar refractivity (Wildman–Crippen MR) is 175 cm³/mol. The van der Waals surface area contributed by atoms with Gasteiger partial charge in [-0.2, -0.15) is 26.3 Å². The maximum absolute atomic E-state index is 15.4. The molecule has 0 aliphatic carbocycles. The number of hydrazine groups is 1. The third-order valence-electron chi connectivity index (χ3n) is 8.85. The lowest BCUT2D eigenvalue weighted by atomic mass is 9.90. The molecule has 0 radical (unpaired) electrons. The third-order valence-corrected chi connectivity index (χ3v) is 8.85. The second kappa shape index (κ2) is 15.7. The molecule has 2 amide bonds. The molecule has 1 aromatic heterocycles. The van der Waals surface area contributed by atoms with Crippen LogP contribution in [-0.4, -0.2) is 80.1 Å². The fourth-order valence-electron chi connectivity index (χ4n) is 6.06. The van der Waals surface area contributed by atoms with Crippen molar-refractivity contribution in [3.8, 4) is 23.0 Å². The van der Waals surface area contributed by atoms with E-state index in [1.54, 1.807) is 0 Å². The minimum absolute atomic E-state index is 0.0478. The number of fused-ring (bicyclic) bond motifs is 1. The van der Waals surface area contributed by atoms with Crippen molar-refractivity contribution in [2.24, 2.45) is 0 Å². The second-order valence-corrected chi connectivity index (χ2v) is 12.6. The SMILES string of the molecule is C[C@]12CCCN1N(Cc1c(F)cc(C#CCCOC[C@H](O)CO)cc1F)C(=O)C(C(=O)Nc1ccc(C(F)(F)F)cc1-c1ccc(C(F)(F)F)nc1)=C2O. The van der Waals surface area contributed by atoms with Gasteiger partial charge in [-0.05, 0) is 56.2 Å². The topological polar surface area (TPSA) is 135 Å². The molecular formula is C36H32F8N4O6. The van der Waals surface area contributed by atoms with Crippen molar-refractivity contribution >= 4 is 17.5 Å². The van der Waals surface area contributed by atoms with E-state index in [0.29, 0.717) is 30.8 Å². The largest absolute Gasteiger partial charge is 0.509 e. The minimum atomic E-state index is -4.89. The number of aliphatic hydroxyl groups is 3. The third kappa shape index (κ3) is 8.49. The number of halogens is 8. The average Bonchev–Trinajstić information content (AvgIpc) is 3.51. The van der Waals surface area contributed by atoms with Crippen LogP contribution in [0.1, 0.15) is 48.6 Å². The molecule has 1 fully saturated rings. The summed E-state index contributed by atoms with van der Waals surface area (Å²) in [7, 11) is 0. The number of hydrogen-bond donors (Lipinski definition) is 4. The Hall–Kier alpha value is -5.09. The first-order valence-corrected chi connectivity index (χ1v) is 16.3. The Labute approximate surface area is 302 Å². The van der Waals surface area contributed by atoms with Crippen LogP contribution in [0.3, 0.4) is 0 Å². The highest BCUT2D eigenvalue weighted by atomic mass is 19.4. The number of hydrogen-bond acceptors (Lipinski definition) is 8. The van der Waals surface area contributed by atoms with E-state index in [2.05, 4.69) is 22.1 Å². The van der Waals surface area contributed by atoms with E-state index in [0.717, 1.165) is 29.3 Å². The molecule has 1 saturated heterocycles. The number of ether oxygens (including phenoxy) is 1. The maximum atomic E-state index is 15.4. The summed E-state index contributed by atoms with van der Waals surface area (Å²) in [6, 6.07) is 5.24. The summed E-state index contributed by atoms with van der Waals surface area (Å²) in [6.07, 6.45) is -9.44. The van der Waals surface area contributed by atoms with E-state index in [9.17, 15) is 46.1 Å². The zero-order chi connectivity index (χ0) is 39.6. The summed E-state index contributed by atoms with van der Waals surface area (Å²) in [5.41, 5.74) is -6.49. The van der Waals surface area contributed by atoms with Gasteiger partial charge >= 0.3 is 12.4 Å². The normalized spacial score (nSPS) is 18.4. The number of amides is 2. The summed E-state index contributed by atoms with van der Waals surface area (Å²) in [5, 5.41) is 33.9. The van der Waals surface area contributed by atoms with E-state index in [4.69, 9.17) is 9.84 Å². The highest BCUT2D eigenvalue weighted by Gasteiger charge is 2.53. The Balaban J connectivity index is 1.43. The fourth-order valence-corrected chi connectivity index (χ4v) is 6.06. The quantitative estimate of drug-likeness (QED) is 0.0889. The van der Waals surface area contributed by atoms with Gasteiger partial charge in [0.2, 0.25) is 0 Å². The number of aromatic nitrogens is 1. The van der Waals surface area contributed by atoms with Crippen LogP contribution in [0.4, 0.5) is 40.8 Å². The van der Waals surface area contributed by atoms with E-state index < -0.39 is 94.3 Å². The van der Waals surface area contributed by atoms with Gasteiger partial charge in [0.1, 0.15) is 34.8 Å². The van der Waals surface area contributed by atoms with Crippen molar-refractivity contribution in [1.29, 1.82) is 0 Å². The van der Waals surface area contributed by atoms with Gasteiger partial charge in [-0.1, -0.05) is 17.9 Å². The zero-order valence-corrected chi connectivity index (χ0v) is 28.3. The summed E-state index contributed by atoms with van der Waals surface area (Å²) >= 11 is 0. The number of nitrogens with zero attached hydrogens (tertiary/aromatic N) is 3. The van der Waals surface area contributed by atoms with Crippen LogP contribution in [0.5, 0.6) is 0 Å². The Morgan fingerprint density at radius 2 is 1.78 bits per heavy atom. The standard InChI is InChI=1S/C36H32F8N4O6/c1-34-10-4-11-48(34)47(17-25-26(37)13-20(14-27(25)38)5-2-3-12-54-19-23(50)18-49)33(53)30(31(34)51)32(52)46-28-8-7-22(35(39,40)41)15-24(28)21-6-9-29(45-16-21)36(42,43)44/h6-9,13-16,23,49-51H,3-4,10-12,17-19H2,1H3,(H,46,52)/t23-,34-/m1/s1. The Bertz CT molecular complexity index is 1990. The molecule has 0 spiro atoms. The lowest BCUT2D eigenvalue weighted by Crippen LogP contribution is -2.60. The highest BCUT2D eigenvalue weighted by Crippen LogP contribution is 2.43. The summed E-state index contributed by atoms with van der Waals surface area (Å²) in [4.78, 5) is 31.0. The zero-order valence-electron chi connectivity index (χ0n) is 28.3. The molecule has 0 unspecified atom stereocenters. The highest BCUT2D eigenvalue weighted by molar-refractivity contribution is 6.24. The summed E-state index contributed by atoms with van der Waals surface area (Å²) in [6.45, 7) is 0.330. The lowest BCUT2D eigenvalue weighted by molar-refractivity contribution is -0.160. The molecule has 18 heteroatoms. The molecular weight excluding hydrogens is 736 g/mol. The van der Waals surface area contributed by atoms with Gasteiger partial charge in [0.05, 0.1) is 37.5 Å². The number of pyridine rings is 1. The van der Waals surface area contributed by atoms with Crippen molar-refractivity contribution < 1.29 is 64.8 Å². The van der Waals surface area contributed by atoms with E-state index >= 15 is 8.78 Å². The molecule has 2 aromatic carbocycles. The smallest absolute Gasteiger partial charge is 0.433 e.